The third kappa shape index (κ3) is 5.02. The Kier molecular flexibility index (Phi) is 4.63. The molecule has 15 heavy (non-hydrogen) atoms. The fourth-order valence-corrected chi connectivity index (χ4v) is 0.990. The first-order valence-electron chi connectivity index (χ1n) is 4.79. The largest absolute Gasteiger partial charge is 0.392 e. The van der Waals surface area contributed by atoms with Gasteiger partial charge in [-0.25, -0.2) is 4.79 Å². The fourth-order valence-electron chi connectivity index (χ4n) is 0.990. The van der Waals surface area contributed by atoms with Crippen molar-refractivity contribution in [3.8, 4) is 0 Å². The van der Waals surface area contributed by atoms with Crippen molar-refractivity contribution in [1.29, 1.82) is 0 Å². The molecule has 1 aromatic carbocycles. The second-order valence-electron chi connectivity index (χ2n) is 3.26. The topological polar surface area (TPSA) is 61.4 Å². The zero-order chi connectivity index (χ0) is 11.1. The molecule has 3 N–H and O–H groups in total. The highest BCUT2D eigenvalue weighted by Crippen LogP contribution is 1.98. The average molecular weight is 207 g/mol. The number of hydrogen-bond donors (Lipinski definition) is 3. The summed E-state index contributed by atoms with van der Waals surface area (Å²) in [6.45, 7) is 3.47. The lowest BCUT2D eigenvalue weighted by atomic mass is 10.2. The molecule has 0 aliphatic rings. The van der Waals surface area contributed by atoms with Gasteiger partial charge in [-0.2, -0.15) is 0 Å². The van der Waals surface area contributed by atoms with Gasteiger partial charge in [-0.3, -0.25) is 0 Å². The van der Waals surface area contributed by atoms with E-state index in [0.29, 0.717) is 0 Å². The molecule has 0 aliphatic carbocycles. The van der Waals surface area contributed by atoms with Gasteiger partial charge >= 0.3 is 6.03 Å². The third-order valence-corrected chi connectivity index (χ3v) is 1.73. The Bertz CT molecular complexity index is 299. The second kappa shape index (κ2) is 6.03. The van der Waals surface area contributed by atoms with Crippen LogP contribution >= 0.6 is 0 Å². The first-order valence-corrected chi connectivity index (χ1v) is 4.79. The van der Waals surface area contributed by atoms with E-state index in [0.717, 1.165) is 5.56 Å². The van der Waals surface area contributed by atoms with E-state index in [4.69, 9.17) is 5.11 Å². The van der Waals surface area contributed by atoms with Crippen molar-refractivity contribution >= 4 is 6.03 Å². The predicted octanol–water partition coefficient (Wildman–Crippen LogP) is 0.876. The zero-order valence-electron chi connectivity index (χ0n) is 8.60. The molecule has 0 spiro atoms. The monoisotopic (exact) mass is 207 g/mol. The molecular weight excluding hydrogens is 192 g/mol. The molecule has 0 aliphatic heterocycles. The highest BCUT2D eigenvalue weighted by molar-refractivity contribution is 5.75. The number of carbonyl (C=O) groups excluding carboxylic acids is 1. The van der Waals surface area contributed by atoms with Crippen LogP contribution in [0.15, 0.2) is 30.3 Å². The van der Waals surface area contributed by atoms with Crippen LogP contribution in [0.25, 0.3) is 0 Å². The molecule has 4 heteroatoms. The Balaban J connectivity index is 2.23. The molecule has 1 atom stereocenters. The van der Waals surface area contributed by atoms with Gasteiger partial charge in [-0.15, -0.1) is 0 Å². The lowest BCUT2D eigenvalue weighted by Gasteiger charge is -2.08. The summed E-state index contributed by atoms with van der Waals surface area (Å²) in [5.74, 6) is 0. The van der Waals surface area contributed by atoms with Crippen molar-refractivity contribution in [2.24, 2.45) is 0 Å². The summed E-state index contributed by atoms with van der Waals surface area (Å²) in [7, 11) is 0. The molecule has 2 amide bonds. The number of aliphatic hydroxyl groups is 1. The van der Waals surface area contributed by atoms with Gasteiger partial charge in [0, 0.05) is 6.54 Å². The van der Waals surface area contributed by atoms with Gasteiger partial charge in [-0.05, 0) is 12.5 Å². The maximum absolute atomic E-state index is 11.2. The number of amides is 2. The van der Waals surface area contributed by atoms with Crippen molar-refractivity contribution in [2.75, 3.05) is 6.54 Å². The van der Waals surface area contributed by atoms with Crippen LogP contribution in [0, 0.1) is 6.54 Å². The first-order chi connectivity index (χ1) is 7.18. The maximum atomic E-state index is 11.2. The first kappa shape index (κ1) is 11.5. The summed E-state index contributed by atoms with van der Waals surface area (Å²) < 4.78 is 0. The minimum absolute atomic E-state index is 0.245. The number of benzene rings is 1. The van der Waals surface area contributed by atoms with Gasteiger partial charge in [0.2, 0.25) is 0 Å². The number of rotatable bonds is 4. The van der Waals surface area contributed by atoms with E-state index in [2.05, 4.69) is 10.6 Å². The molecule has 1 radical (unpaired) electrons. The lowest BCUT2D eigenvalue weighted by Crippen LogP contribution is -2.37. The van der Waals surface area contributed by atoms with Crippen LogP contribution in [-0.2, 0) is 0 Å². The van der Waals surface area contributed by atoms with E-state index in [1.165, 1.54) is 0 Å². The van der Waals surface area contributed by atoms with Crippen LogP contribution in [0.5, 0.6) is 0 Å². The van der Waals surface area contributed by atoms with Gasteiger partial charge in [-0.1, -0.05) is 30.3 Å². The predicted molar refractivity (Wildman–Crippen MR) is 58.1 cm³/mol. The fraction of sp³-hybridized carbons (Fsp3) is 0.273. The van der Waals surface area contributed by atoms with Crippen molar-refractivity contribution in [3.63, 3.8) is 0 Å². The number of nitrogens with one attached hydrogen (secondary N) is 2. The Morgan fingerprint density at radius 2 is 2.13 bits per heavy atom. The van der Waals surface area contributed by atoms with E-state index >= 15 is 0 Å². The van der Waals surface area contributed by atoms with Crippen LogP contribution in [0.2, 0.25) is 0 Å². The zero-order valence-corrected chi connectivity index (χ0v) is 8.60. The normalized spacial score (nSPS) is 11.9. The van der Waals surface area contributed by atoms with Crippen LogP contribution in [0.4, 0.5) is 4.79 Å². The van der Waals surface area contributed by atoms with E-state index in [1.54, 1.807) is 13.5 Å². The summed E-state index contributed by atoms with van der Waals surface area (Å²) in [6, 6.07) is 9.14. The Labute approximate surface area is 89.3 Å². The van der Waals surface area contributed by atoms with Crippen molar-refractivity contribution in [3.05, 3.63) is 42.4 Å². The maximum Gasteiger partial charge on any atom is 0.315 e. The van der Waals surface area contributed by atoms with Crippen LogP contribution in [0.1, 0.15) is 12.5 Å². The Hall–Kier alpha value is -1.55. The summed E-state index contributed by atoms with van der Waals surface area (Å²) in [6.07, 6.45) is -0.535. The molecule has 0 saturated carbocycles. The number of urea groups is 1. The van der Waals surface area contributed by atoms with E-state index < -0.39 is 6.10 Å². The standard InChI is InChI=1S/C11H15N2O2/c1-9(14)7-12-11(15)13-8-10-5-3-2-4-6-10/h2-6,8-9,14H,7H2,1H3,(H2,12,13,15). The van der Waals surface area contributed by atoms with E-state index in [1.807, 2.05) is 30.3 Å². The number of carbonyl (C=O) groups is 1. The van der Waals surface area contributed by atoms with Crippen molar-refractivity contribution < 1.29 is 9.90 Å². The molecule has 0 aromatic heterocycles. The second-order valence-corrected chi connectivity index (χ2v) is 3.26. The van der Waals surface area contributed by atoms with Gasteiger partial charge in [0.15, 0.2) is 0 Å². The van der Waals surface area contributed by atoms with Gasteiger partial charge in [0.1, 0.15) is 0 Å². The molecule has 1 rings (SSSR count). The highest BCUT2D eigenvalue weighted by Gasteiger charge is 2.01. The van der Waals surface area contributed by atoms with Crippen LogP contribution in [0.3, 0.4) is 0 Å². The molecule has 0 saturated heterocycles. The minimum atomic E-state index is -0.535. The molecule has 1 aromatic rings. The molecular formula is C11H15N2O2. The summed E-state index contributed by atoms with van der Waals surface area (Å²) >= 11 is 0. The van der Waals surface area contributed by atoms with Gasteiger partial charge in [0.05, 0.1) is 12.6 Å². The van der Waals surface area contributed by atoms with Gasteiger partial charge in [0.25, 0.3) is 0 Å². The summed E-state index contributed by atoms with van der Waals surface area (Å²) in [4.78, 5) is 11.2. The quantitative estimate of drug-likeness (QED) is 0.686. The van der Waals surface area contributed by atoms with Crippen LogP contribution < -0.4 is 10.6 Å². The lowest BCUT2D eigenvalue weighted by molar-refractivity contribution is 0.188. The third-order valence-electron chi connectivity index (χ3n) is 1.73. The molecule has 0 fully saturated rings. The number of hydrogen-bond acceptors (Lipinski definition) is 2. The van der Waals surface area contributed by atoms with Crippen molar-refractivity contribution in [2.45, 2.75) is 13.0 Å². The smallest absolute Gasteiger partial charge is 0.315 e. The average Bonchev–Trinajstić information content (AvgIpc) is 2.25. The minimum Gasteiger partial charge on any atom is -0.392 e. The van der Waals surface area contributed by atoms with E-state index in [-0.39, 0.29) is 12.6 Å². The molecule has 81 valence electrons. The Morgan fingerprint density at radius 1 is 1.47 bits per heavy atom. The SMILES string of the molecule is CC(O)CNC(=O)N[CH]c1ccccc1. The molecule has 0 bridgehead atoms. The van der Waals surface area contributed by atoms with Crippen LogP contribution in [-0.4, -0.2) is 23.8 Å². The summed E-state index contributed by atoms with van der Waals surface area (Å²) in [5, 5.41) is 14.0. The summed E-state index contributed by atoms with van der Waals surface area (Å²) in [5.41, 5.74) is 0.921. The Morgan fingerprint density at radius 3 is 2.73 bits per heavy atom. The molecule has 0 heterocycles. The molecule has 1 unspecified atom stereocenters. The number of aliphatic hydroxyl groups excluding tert-OH is 1. The molecule has 4 nitrogen and oxygen atoms in total. The van der Waals surface area contributed by atoms with E-state index in [9.17, 15) is 4.79 Å². The van der Waals surface area contributed by atoms with Crippen molar-refractivity contribution in [1.82, 2.24) is 10.6 Å². The van der Waals surface area contributed by atoms with Gasteiger partial charge < -0.3 is 15.7 Å². The highest BCUT2D eigenvalue weighted by atomic mass is 16.3.